The van der Waals surface area contributed by atoms with Crippen molar-refractivity contribution in [3.63, 3.8) is 0 Å². The Labute approximate surface area is 349 Å². The molecule has 2 aromatic heterocycles. The Morgan fingerprint density at radius 3 is 1.57 bits per heavy atom. The maximum atomic E-state index is 7.16. The highest BCUT2D eigenvalue weighted by molar-refractivity contribution is 6.23. The van der Waals surface area contributed by atoms with Gasteiger partial charge in [-0.05, 0) is 99.1 Å². The number of hydrogen-bond donors (Lipinski definition) is 0. The first-order valence-electron chi connectivity index (χ1n) is 20.8. The van der Waals surface area contributed by atoms with E-state index in [0.717, 1.165) is 50.2 Å². The molecular formula is C57H40N2O. The van der Waals surface area contributed by atoms with Crippen LogP contribution in [0.25, 0.3) is 82.8 Å². The molecule has 0 fully saturated rings. The number of aromatic nitrogens is 1. The molecule has 3 heteroatoms. The zero-order valence-electron chi connectivity index (χ0n) is 33.4. The minimum atomic E-state index is -0.184. The maximum Gasteiger partial charge on any atom is 0.160 e. The lowest BCUT2D eigenvalue weighted by molar-refractivity contribution is 0.663. The topological polar surface area (TPSA) is 21.3 Å². The van der Waals surface area contributed by atoms with E-state index in [-0.39, 0.29) is 5.41 Å². The van der Waals surface area contributed by atoms with Crippen LogP contribution >= 0.6 is 0 Å². The average Bonchev–Trinajstić information content (AvgIpc) is 3.93. The van der Waals surface area contributed by atoms with Gasteiger partial charge in [0, 0.05) is 55.8 Å². The Bertz CT molecular complexity index is 3330. The van der Waals surface area contributed by atoms with E-state index >= 15 is 0 Å². The van der Waals surface area contributed by atoms with Gasteiger partial charge in [-0.2, -0.15) is 0 Å². The molecule has 60 heavy (non-hydrogen) atoms. The van der Waals surface area contributed by atoms with Crippen LogP contribution in [0.5, 0.6) is 0 Å². The first-order valence-corrected chi connectivity index (χ1v) is 20.8. The number of rotatable bonds is 6. The summed E-state index contributed by atoms with van der Waals surface area (Å²) in [6, 6.07) is 74.4. The van der Waals surface area contributed by atoms with Gasteiger partial charge in [0.15, 0.2) is 5.58 Å². The van der Waals surface area contributed by atoms with E-state index in [1.54, 1.807) is 0 Å². The maximum absolute atomic E-state index is 7.16. The van der Waals surface area contributed by atoms with Crippen molar-refractivity contribution in [3.8, 4) is 39.1 Å². The van der Waals surface area contributed by atoms with Crippen molar-refractivity contribution in [2.45, 2.75) is 19.3 Å². The van der Waals surface area contributed by atoms with Crippen LogP contribution in [0.15, 0.2) is 211 Å². The van der Waals surface area contributed by atoms with Gasteiger partial charge in [0.2, 0.25) is 0 Å². The SMILES string of the molecule is CC1(C)c2ccccc2-c2ccc3c4ccc5c6ccc(N(c7ccc(-c8ccccc8)cc7)c7ccc(-c8ccccc8)cc7)cc6oc5c4n(-c4ccccc4)c3c21. The fraction of sp³-hybridized carbons (Fsp3) is 0.0526. The second kappa shape index (κ2) is 13.2. The van der Waals surface area contributed by atoms with E-state index in [2.05, 4.69) is 230 Å². The second-order valence-corrected chi connectivity index (χ2v) is 16.5. The first-order chi connectivity index (χ1) is 29.5. The monoisotopic (exact) mass is 768 g/mol. The summed E-state index contributed by atoms with van der Waals surface area (Å²) in [5.74, 6) is 0. The quantitative estimate of drug-likeness (QED) is 0.168. The number of furan rings is 1. The number of anilines is 3. The zero-order valence-corrected chi connectivity index (χ0v) is 33.4. The largest absolute Gasteiger partial charge is 0.454 e. The van der Waals surface area contributed by atoms with Crippen molar-refractivity contribution in [2.75, 3.05) is 4.90 Å². The van der Waals surface area contributed by atoms with Gasteiger partial charge in [-0.1, -0.05) is 159 Å². The molecule has 284 valence electrons. The molecule has 0 aliphatic heterocycles. The highest BCUT2D eigenvalue weighted by Gasteiger charge is 2.38. The molecule has 0 atom stereocenters. The normalized spacial score (nSPS) is 13.0. The van der Waals surface area contributed by atoms with Gasteiger partial charge >= 0.3 is 0 Å². The Kier molecular flexibility index (Phi) is 7.58. The van der Waals surface area contributed by atoms with Crippen LogP contribution in [0, 0.1) is 0 Å². The van der Waals surface area contributed by atoms with Gasteiger partial charge < -0.3 is 13.9 Å². The smallest absolute Gasteiger partial charge is 0.160 e. The molecule has 0 radical (unpaired) electrons. The van der Waals surface area contributed by atoms with Crippen LogP contribution < -0.4 is 4.90 Å². The van der Waals surface area contributed by atoms with Gasteiger partial charge in [-0.3, -0.25) is 0 Å². The van der Waals surface area contributed by atoms with Crippen LogP contribution in [-0.2, 0) is 5.41 Å². The Morgan fingerprint density at radius 1 is 0.417 bits per heavy atom. The second-order valence-electron chi connectivity index (χ2n) is 16.5. The molecule has 1 aliphatic rings. The molecule has 9 aromatic carbocycles. The van der Waals surface area contributed by atoms with Crippen LogP contribution in [0.4, 0.5) is 17.1 Å². The minimum absolute atomic E-state index is 0.184. The predicted octanol–water partition coefficient (Wildman–Crippen LogP) is 15.8. The number of para-hydroxylation sites is 1. The molecular weight excluding hydrogens is 729 g/mol. The highest BCUT2D eigenvalue weighted by atomic mass is 16.3. The van der Waals surface area contributed by atoms with Crippen LogP contribution in [0.3, 0.4) is 0 Å². The zero-order chi connectivity index (χ0) is 40.0. The van der Waals surface area contributed by atoms with Gasteiger partial charge in [0.05, 0.1) is 11.0 Å². The summed E-state index contributed by atoms with van der Waals surface area (Å²) < 4.78 is 9.63. The van der Waals surface area contributed by atoms with Gasteiger partial charge in [-0.25, -0.2) is 0 Å². The molecule has 0 spiro atoms. The van der Waals surface area contributed by atoms with Crippen molar-refractivity contribution >= 4 is 60.8 Å². The molecule has 0 N–H and O–H groups in total. The molecule has 0 saturated carbocycles. The summed E-state index contributed by atoms with van der Waals surface area (Å²) in [6.45, 7) is 4.75. The summed E-state index contributed by atoms with van der Waals surface area (Å²) in [7, 11) is 0. The van der Waals surface area contributed by atoms with E-state index in [0.29, 0.717) is 0 Å². The van der Waals surface area contributed by atoms with Crippen molar-refractivity contribution in [1.82, 2.24) is 4.57 Å². The van der Waals surface area contributed by atoms with E-state index in [1.807, 2.05) is 0 Å². The number of fused-ring (bicyclic) bond motifs is 11. The Hall–Kier alpha value is -7.62. The van der Waals surface area contributed by atoms with Crippen molar-refractivity contribution in [1.29, 1.82) is 0 Å². The number of nitrogens with zero attached hydrogens (tertiary/aromatic N) is 2. The summed E-state index contributed by atoms with van der Waals surface area (Å²) >= 11 is 0. The molecule has 3 nitrogen and oxygen atoms in total. The first kappa shape index (κ1) is 34.4. The molecule has 1 aliphatic carbocycles. The van der Waals surface area contributed by atoms with Crippen LogP contribution in [0.2, 0.25) is 0 Å². The summed E-state index contributed by atoms with van der Waals surface area (Å²) in [4.78, 5) is 2.33. The van der Waals surface area contributed by atoms with Crippen molar-refractivity contribution < 1.29 is 4.42 Å². The average molecular weight is 769 g/mol. The molecule has 12 rings (SSSR count). The van der Waals surface area contributed by atoms with Gasteiger partial charge in [0.25, 0.3) is 0 Å². The molecule has 0 bridgehead atoms. The van der Waals surface area contributed by atoms with Crippen molar-refractivity contribution in [2.24, 2.45) is 0 Å². The highest BCUT2D eigenvalue weighted by Crippen LogP contribution is 2.54. The lowest BCUT2D eigenvalue weighted by Gasteiger charge is -2.26. The van der Waals surface area contributed by atoms with E-state index in [9.17, 15) is 0 Å². The molecule has 11 aromatic rings. The summed E-state index contributed by atoms with van der Waals surface area (Å²) in [6.07, 6.45) is 0. The molecule has 0 amide bonds. The predicted molar refractivity (Wildman–Crippen MR) is 251 cm³/mol. The molecule has 0 saturated heterocycles. The Balaban J connectivity index is 1.07. The standard InChI is InChI=1S/C57H40N2O/c1-57(2)51-21-13-12-20-45(51)47-32-33-48-49-34-35-50-46-31-30-44(36-52(46)60-56(50)55(49)59(54(48)53(47)57)41-18-10-5-11-19-41)58(42-26-22-39(23-27-42)37-14-6-3-7-15-37)43-28-24-40(25-29-43)38-16-8-4-9-17-38/h3-36H,1-2H3. The lowest BCUT2D eigenvalue weighted by atomic mass is 9.81. The van der Waals surface area contributed by atoms with Crippen molar-refractivity contribution in [3.05, 3.63) is 217 Å². The third-order valence-electron chi connectivity index (χ3n) is 12.8. The summed E-state index contributed by atoms with van der Waals surface area (Å²) in [5, 5.41) is 4.63. The summed E-state index contributed by atoms with van der Waals surface area (Å²) in [5.41, 5.74) is 18.3. The van der Waals surface area contributed by atoms with Gasteiger partial charge in [-0.15, -0.1) is 0 Å². The number of hydrogen-bond acceptors (Lipinski definition) is 2. The Morgan fingerprint density at radius 2 is 0.917 bits per heavy atom. The van der Waals surface area contributed by atoms with Crippen LogP contribution in [0.1, 0.15) is 25.0 Å². The third-order valence-corrected chi connectivity index (χ3v) is 12.8. The third kappa shape index (κ3) is 5.15. The molecule has 0 unspecified atom stereocenters. The molecule has 2 heterocycles. The van der Waals surface area contributed by atoms with Gasteiger partial charge in [0.1, 0.15) is 5.58 Å². The fourth-order valence-electron chi connectivity index (χ4n) is 9.95. The fourth-order valence-corrected chi connectivity index (χ4v) is 9.95. The minimum Gasteiger partial charge on any atom is -0.454 e. The van der Waals surface area contributed by atoms with E-state index in [4.69, 9.17) is 4.42 Å². The van der Waals surface area contributed by atoms with Crippen LogP contribution in [-0.4, -0.2) is 4.57 Å². The van der Waals surface area contributed by atoms with E-state index < -0.39 is 0 Å². The number of benzene rings is 9. The van der Waals surface area contributed by atoms with E-state index in [1.165, 1.54) is 60.8 Å². The lowest BCUT2D eigenvalue weighted by Crippen LogP contribution is -2.16.